The molecule has 4 heteroatoms. The van der Waals surface area contributed by atoms with Gasteiger partial charge in [0, 0.05) is 27.5 Å². The van der Waals surface area contributed by atoms with Gasteiger partial charge in [0.05, 0.1) is 0 Å². The number of para-hydroxylation sites is 1. The highest BCUT2D eigenvalue weighted by molar-refractivity contribution is 6.12. The Morgan fingerprint density at radius 1 is 0.314 bits per heavy atom. The molecule has 0 saturated heterocycles. The molecule has 2 aromatic heterocycles. The van der Waals surface area contributed by atoms with Crippen molar-refractivity contribution in [1.29, 1.82) is 0 Å². The average molecular weight is 652 g/mol. The summed E-state index contributed by atoms with van der Waals surface area (Å²) in [5, 5.41) is 6.72. The van der Waals surface area contributed by atoms with Gasteiger partial charge in [-0.15, -0.1) is 0 Å². The summed E-state index contributed by atoms with van der Waals surface area (Å²) in [4.78, 5) is 15.5. The predicted octanol–water partition coefficient (Wildman–Crippen LogP) is 12.4. The average Bonchev–Trinajstić information content (AvgIpc) is 3.60. The number of hydrogen-bond donors (Lipinski definition) is 0. The van der Waals surface area contributed by atoms with Crippen LogP contribution in [0.4, 0.5) is 0 Å². The Morgan fingerprint density at radius 3 is 1.53 bits per heavy atom. The number of hydrogen-bond acceptors (Lipinski definition) is 4. The molecular formula is C47H29N3O. The SMILES string of the molecule is c1ccc(-c2ccc(-c3nc(-c4ccc5ccc6ccc(-c7ccccc7)cc6c5c4)nc(-c4cccc5oc6ccccc6c45)n3)cc2)cc1. The van der Waals surface area contributed by atoms with Crippen LogP contribution in [-0.4, -0.2) is 15.0 Å². The normalized spacial score (nSPS) is 11.5. The first-order valence-corrected chi connectivity index (χ1v) is 17.1. The third-order valence-electron chi connectivity index (χ3n) is 9.73. The molecule has 0 aliphatic heterocycles. The van der Waals surface area contributed by atoms with Gasteiger partial charge in [0.2, 0.25) is 0 Å². The lowest BCUT2D eigenvalue weighted by atomic mass is 9.96. The summed E-state index contributed by atoms with van der Waals surface area (Å²) in [7, 11) is 0. The monoisotopic (exact) mass is 651 g/mol. The maximum atomic E-state index is 6.26. The second kappa shape index (κ2) is 11.9. The number of aromatic nitrogens is 3. The summed E-state index contributed by atoms with van der Waals surface area (Å²) < 4.78 is 6.26. The van der Waals surface area contributed by atoms with Crippen LogP contribution in [-0.2, 0) is 0 Å². The van der Waals surface area contributed by atoms with Crippen molar-refractivity contribution in [3.63, 3.8) is 0 Å². The second-order valence-corrected chi connectivity index (χ2v) is 12.8. The molecule has 10 rings (SSSR count). The van der Waals surface area contributed by atoms with Crippen LogP contribution < -0.4 is 0 Å². The van der Waals surface area contributed by atoms with E-state index in [4.69, 9.17) is 19.4 Å². The summed E-state index contributed by atoms with van der Waals surface area (Å²) in [5.41, 5.74) is 9.07. The summed E-state index contributed by atoms with van der Waals surface area (Å²) in [6.45, 7) is 0. The standard InChI is InChI=1S/C47H29N3O/c1-3-10-30(11-4-1)32-18-24-35(25-19-32)45-48-46(50-47(49-45)39-15-9-17-43-44(39)38-14-7-8-16-42(38)51-43)37-27-23-34-21-20-33-22-26-36(28-40(33)41(34)29-37)31-12-5-2-6-13-31/h1-29H. The molecule has 0 amide bonds. The molecule has 0 saturated carbocycles. The van der Waals surface area contributed by atoms with Crippen LogP contribution in [0.2, 0.25) is 0 Å². The summed E-state index contributed by atoms with van der Waals surface area (Å²) >= 11 is 0. The van der Waals surface area contributed by atoms with E-state index < -0.39 is 0 Å². The lowest BCUT2D eigenvalue weighted by Crippen LogP contribution is -2.00. The minimum absolute atomic E-state index is 0.601. The predicted molar refractivity (Wildman–Crippen MR) is 209 cm³/mol. The van der Waals surface area contributed by atoms with Crippen molar-refractivity contribution in [2.75, 3.05) is 0 Å². The number of nitrogens with zero attached hydrogens (tertiary/aromatic N) is 3. The first-order chi connectivity index (χ1) is 25.2. The molecular weight excluding hydrogens is 623 g/mol. The molecule has 0 N–H and O–H groups in total. The second-order valence-electron chi connectivity index (χ2n) is 12.8. The van der Waals surface area contributed by atoms with E-state index in [0.717, 1.165) is 55.0 Å². The topological polar surface area (TPSA) is 51.8 Å². The maximum absolute atomic E-state index is 6.26. The zero-order valence-electron chi connectivity index (χ0n) is 27.5. The van der Waals surface area contributed by atoms with Crippen molar-refractivity contribution in [3.8, 4) is 56.4 Å². The Hall–Kier alpha value is -6.91. The van der Waals surface area contributed by atoms with Crippen LogP contribution >= 0.6 is 0 Å². The van der Waals surface area contributed by atoms with E-state index in [0.29, 0.717) is 17.5 Å². The van der Waals surface area contributed by atoms with Gasteiger partial charge in [-0.05, 0) is 68.1 Å². The highest BCUT2D eigenvalue weighted by Crippen LogP contribution is 2.38. The molecule has 10 aromatic rings. The fourth-order valence-electron chi connectivity index (χ4n) is 7.16. The molecule has 0 bridgehead atoms. The van der Waals surface area contributed by atoms with Crippen LogP contribution in [0.1, 0.15) is 0 Å². The van der Waals surface area contributed by atoms with E-state index in [1.807, 2.05) is 36.4 Å². The molecule has 0 aliphatic carbocycles. The first kappa shape index (κ1) is 29.0. The number of benzene rings is 8. The Morgan fingerprint density at radius 2 is 0.804 bits per heavy atom. The van der Waals surface area contributed by atoms with Crippen LogP contribution in [0.3, 0.4) is 0 Å². The fraction of sp³-hybridized carbons (Fsp3) is 0. The third-order valence-corrected chi connectivity index (χ3v) is 9.73. The van der Waals surface area contributed by atoms with E-state index in [1.165, 1.54) is 27.5 Å². The molecule has 0 unspecified atom stereocenters. The van der Waals surface area contributed by atoms with Crippen molar-refractivity contribution < 1.29 is 4.42 Å². The van der Waals surface area contributed by atoms with Crippen molar-refractivity contribution in [2.24, 2.45) is 0 Å². The van der Waals surface area contributed by atoms with E-state index in [-0.39, 0.29) is 0 Å². The Balaban J connectivity index is 1.18. The van der Waals surface area contributed by atoms with Gasteiger partial charge in [-0.1, -0.05) is 152 Å². The molecule has 0 radical (unpaired) electrons. The van der Waals surface area contributed by atoms with Gasteiger partial charge >= 0.3 is 0 Å². The number of rotatable bonds is 5. The van der Waals surface area contributed by atoms with E-state index in [1.54, 1.807) is 0 Å². The summed E-state index contributed by atoms with van der Waals surface area (Å²) in [6, 6.07) is 61.2. The molecule has 2 heterocycles. The Kier molecular flexibility index (Phi) is 6.78. The van der Waals surface area contributed by atoms with Crippen molar-refractivity contribution in [2.45, 2.75) is 0 Å². The first-order valence-electron chi connectivity index (χ1n) is 17.1. The summed E-state index contributed by atoms with van der Waals surface area (Å²) in [5.74, 6) is 1.83. The Labute approximate surface area is 294 Å². The summed E-state index contributed by atoms with van der Waals surface area (Å²) in [6.07, 6.45) is 0. The zero-order chi connectivity index (χ0) is 33.7. The minimum atomic E-state index is 0.601. The highest BCUT2D eigenvalue weighted by Gasteiger charge is 2.18. The molecule has 0 spiro atoms. The van der Waals surface area contributed by atoms with Crippen LogP contribution in [0.25, 0.3) is 99.9 Å². The fourth-order valence-corrected chi connectivity index (χ4v) is 7.16. The van der Waals surface area contributed by atoms with E-state index >= 15 is 0 Å². The quantitative estimate of drug-likeness (QED) is 0.174. The smallest absolute Gasteiger partial charge is 0.164 e. The lowest BCUT2D eigenvalue weighted by molar-refractivity contribution is 0.669. The van der Waals surface area contributed by atoms with Gasteiger partial charge in [-0.2, -0.15) is 0 Å². The molecule has 0 aliphatic rings. The van der Waals surface area contributed by atoms with Crippen molar-refractivity contribution >= 4 is 43.5 Å². The number of fused-ring (bicyclic) bond motifs is 6. The van der Waals surface area contributed by atoms with Crippen LogP contribution in [0.5, 0.6) is 0 Å². The van der Waals surface area contributed by atoms with Crippen molar-refractivity contribution in [3.05, 3.63) is 176 Å². The lowest BCUT2D eigenvalue weighted by Gasteiger charge is -2.12. The molecule has 0 atom stereocenters. The minimum Gasteiger partial charge on any atom is -0.456 e. The zero-order valence-corrected chi connectivity index (χ0v) is 27.5. The Bertz CT molecular complexity index is 2900. The largest absolute Gasteiger partial charge is 0.456 e. The molecule has 51 heavy (non-hydrogen) atoms. The van der Waals surface area contributed by atoms with Gasteiger partial charge in [0.1, 0.15) is 11.2 Å². The molecule has 0 fully saturated rings. The van der Waals surface area contributed by atoms with Gasteiger partial charge in [0.25, 0.3) is 0 Å². The highest BCUT2D eigenvalue weighted by atomic mass is 16.3. The van der Waals surface area contributed by atoms with Crippen molar-refractivity contribution in [1.82, 2.24) is 15.0 Å². The van der Waals surface area contributed by atoms with Crippen LogP contribution in [0.15, 0.2) is 180 Å². The van der Waals surface area contributed by atoms with E-state index in [2.05, 4.69) is 140 Å². The third kappa shape index (κ3) is 5.13. The molecule has 4 nitrogen and oxygen atoms in total. The van der Waals surface area contributed by atoms with Crippen LogP contribution in [0, 0.1) is 0 Å². The van der Waals surface area contributed by atoms with Gasteiger partial charge in [-0.25, -0.2) is 15.0 Å². The van der Waals surface area contributed by atoms with E-state index in [9.17, 15) is 0 Å². The maximum Gasteiger partial charge on any atom is 0.164 e. The van der Waals surface area contributed by atoms with Gasteiger partial charge < -0.3 is 4.42 Å². The van der Waals surface area contributed by atoms with Gasteiger partial charge in [0.15, 0.2) is 17.5 Å². The number of furan rings is 1. The molecule has 238 valence electrons. The van der Waals surface area contributed by atoms with Gasteiger partial charge in [-0.3, -0.25) is 0 Å². The molecule has 8 aromatic carbocycles.